The SMILES string of the molecule is Cc1cccc(OCC(=O)Nc2cccc(C(N)=O)c2)c1. The van der Waals surface area contributed by atoms with E-state index in [0.717, 1.165) is 5.56 Å². The first-order chi connectivity index (χ1) is 10.0. The van der Waals surface area contributed by atoms with Gasteiger partial charge >= 0.3 is 0 Å². The first-order valence-electron chi connectivity index (χ1n) is 6.44. The molecule has 0 aliphatic heterocycles. The van der Waals surface area contributed by atoms with E-state index in [-0.39, 0.29) is 12.5 Å². The number of anilines is 1. The number of carbonyl (C=O) groups is 2. The smallest absolute Gasteiger partial charge is 0.262 e. The van der Waals surface area contributed by atoms with E-state index in [4.69, 9.17) is 10.5 Å². The van der Waals surface area contributed by atoms with Crippen molar-refractivity contribution in [2.75, 3.05) is 11.9 Å². The van der Waals surface area contributed by atoms with Crippen molar-refractivity contribution >= 4 is 17.5 Å². The summed E-state index contributed by atoms with van der Waals surface area (Å²) in [6.45, 7) is 1.84. The molecule has 0 heterocycles. The minimum absolute atomic E-state index is 0.107. The van der Waals surface area contributed by atoms with Gasteiger partial charge < -0.3 is 15.8 Å². The molecule has 0 unspecified atom stereocenters. The molecular formula is C16H16N2O3. The number of amides is 2. The van der Waals surface area contributed by atoms with Gasteiger partial charge in [-0.1, -0.05) is 18.2 Å². The van der Waals surface area contributed by atoms with Gasteiger partial charge in [0, 0.05) is 11.3 Å². The van der Waals surface area contributed by atoms with E-state index in [0.29, 0.717) is 17.0 Å². The molecular weight excluding hydrogens is 268 g/mol. The van der Waals surface area contributed by atoms with Crippen LogP contribution in [-0.2, 0) is 4.79 Å². The Labute approximate surface area is 122 Å². The second kappa shape index (κ2) is 6.56. The lowest BCUT2D eigenvalue weighted by molar-refractivity contribution is -0.118. The van der Waals surface area contributed by atoms with Crippen molar-refractivity contribution in [3.63, 3.8) is 0 Å². The Hall–Kier alpha value is -2.82. The van der Waals surface area contributed by atoms with Crippen molar-refractivity contribution in [3.05, 3.63) is 59.7 Å². The van der Waals surface area contributed by atoms with Crippen molar-refractivity contribution < 1.29 is 14.3 Å². The van der Waals surface area contributed by atoms with Gasteiger partial charge in [-0.3, -0.25) is 9.59 Å². The molecule has 0 saturated carbocycles. The van der Waals surface area contributed by atoms with Gasteiger partial charge in [-0.25, -0.2) is 0 Å². The second-order valence-electron chi connectivity index (χ2n) is 4.60. The third kappa shape index (κ3) is 4.35. The van der Waals surface area contributed by atoms with Crippen LogP contribution in [0, 0.1) is 6.92 Å². The average molecular weight is 284 g/mol. The zero-order valence-electron chi connectivity index (χ0n) is 11.6. The van der Waals surface area contributed by atoms with Crippen LogP contribution in [0.25, 0.3) is 0 Å². The Morgan fingerprint density at radius 3 is 2.62 bits per heavy atom. The summed E-state index contributed by atoms with van der Waals surface area (Å²) in [5.41, 5.74) is 7.09. The molecule has 0 bridgehead atoms. The molecule has 21 heavy (non-hydrogen) atoms. The van der Waals surface area contributed by atoms with Crippen LogP contribution in [0.3, 0.4) is 0 Å². The average Bonchev–Trinajstić information content (AvgIpc) is 2.45. The Bertz CT molecular complexity index is 668. The Balaban J connectivity index is 1.93. The quantitative estimate of drug-likeness (QED) is 0.882. The van der Waals surface area contributed by atoms with Gasteiger partial charge in [-0.05, 0) is 42.8 Å². The summed E-state index contributed by atoms with van der Waals surface area (Å²) < 4.78 is 5.39. The first kappa shape index (κ1) is 14.6. The first-order valence-corrected chi connectivity index (χ1v) is 6.44. The van der Waals surface area contributed by atoms with Crippen LogP contribution in [0.2, 0.25) is 0 Å². The van der Waals surface area contributed by atoms with Crippen molar-refractivity contribution in [2.24, 2.45) is 5.73 Å². The van der Waals surface area contributed by atoms with Gasteiger partial charge in [0.2, 0.25) is 5.91 Å². The summed E-state index contributed by atoms with van der Waals surface area (Å²) >= 11 is 0. The van der Waals surface area contributed by atoms with E-state index in [9.17, 15) is 9.59 Å². The molecule has 5 heteroatoms. The van der Waals surface area contributed by atoms with Crippen LogP contribution in [0.1, 0.15) is 15.9 Å². The van der Waals surface area contributed by atoms with Crippen LogP contribution in [0.15, 0.2) is 48.5 Å². The third-order valence-corrected chi connectivity index (χ3v) is 2.79. The van der Waals surface area contributed by atoms with Crippen molar-refractivity contribution in [2.45, 2.75) is 6.92 Å². The fourth-order valence-corrected chi connectivity index (χ4v) is 1.80. The zero-order valence-corrected chi connectivity index (χ0v) is 11.6. The van der Waals surface area contributed by atoms with Crippen molar-refractivity contribution in [3.8, 4) is 5.75 Å². The number of hydrogen-bond donors (Lipinski definition) is 2. The predicted octanol–water partition coefficient (Wildman–Crippen LogP) is 2.11. The van der Waals surface area contributed by atoms with Crippen LogP contribution < -0.4 is 15.8 Å². The number of aryl methyl sites for hydroxylation is 1. The van der Waals surface area contributed by atoms with Gasteiger partial charge in [0.25, 0.3) is 5.91 Å². The van der Waals surface area contributed by atoms with Gasteiger partial charge in [0.1, 0.15) is 5.75 Å². The molecule has 0 spiro atoms. The summed E-state index contributed by atoms with van der Waals surface area (Å²) in [7, 11) is 0. The number of ether oxygens (including phenoxy) is 1. The number of nitrogens with two attached hydrogens (primary N) is 1. The van der Waals surface area contributed by atoms with Gasteiger partial charge in [0.15, 0.2) is 6.61 Å². The number of benzene rings is 2. The highest BCUT2D eigenvalue weighted by Crippen LogP contribution is 2.13. The molecule has 0 fully saturated rings. The molecule has 3 N–H and O–H groups in total. The van der Waals surface area contributed by atoms with Gasteiger partial charge in [0.05, 0.1) is 0 Å². The van der Waals surface area contributed by atoms with E-state index in [1.165, 1.54) is 6.07 Å². The maximum Gasteiger partial charge on any atom is 0.262 e. The summed E-state index contributed by atoms with van der Waals surface area (Å²) in [6, 6.07) is 13.9. The topological polar surface area (TPSA) is 81.4 Å². The minimum Gasteiger partial charge on any atom is -0.484 e. The van der Waals surface area contributed by atoms with Gasteiger partial charge in [-0.15, -0.1) is 0 Å². The van der Waals surface area contributed by atoms with E-state index in [1.807, 2.05) is 25.1 Å². The molecule has 0 saturated heterocycles. The number of rotatable bonds is 5. The van der Waals surface area contributed by atoms with E-state index < -0.39 is 5.91 Å². The maximum atomic E-state index is 11.8. The number of nitrogens with one attached hydrogen (secondary N) is 1. The summed E-state index contributed by atoms with van der Waals surface area (Å²) in [5.74, 6) is -0.212. The fourth-order valence-electron chi connectivity index (χ4n) is 1.80. The molecule has 0 aliphatic rings. The number of primary amides is 1. The van der Waals surface area contributed by atoms with Crippen LogP contribution in [0.5, 0.6) is 5.75 Å². The lowest BCUT2D eigenvalue weighted by Crippen LogP contribution is -2.20. The fraction of sp³-hybridized carbons (Fsp3) is 0.125. The third-order valence-electron chi connectivity index (χ3n) is 2.79. The Kier molecular flexibility index (Phi) is 4.56. The molecule has 2 rings (SSSR count). The van der Waals surface area contributed by atoms with Gasteiger partial charge in [-0.2, -0.15) is 0 Å². The lowest BCUT2D eigenvalue weighted by atomic mass is 10.2. The normalized spacial score (nSPS) is 9.95. The minimum atomic E-state index is -0.540. The molecule has 2 aromatic carbocycles. The number of hydrogen-bond acceptors (Lipinski definition) is 3. The Morgan fingerprint density at radius 1 is 1.14 bits per heavy atom. The van der Waals surface area contributed by atoms with E-state index in [1.54, 1.807) is 24.3 Å². The van der Waals surface area contributed by atoms with Crippen LogP contribution in [-0.4, -0.2) is 18.4 Å². The highest BCUT2D eigenvalue weighted by Gasteiger charge is 2.06. The summed E-state index contributed by atoms with van der Waals surface area (Å²) in [6.07, 6.45) is 0. The standard InChI is InChI=1S/C16H16N2O3/c1-11-4-2-7-14(8-11)21-10-15(19)18-13-6-3-5-12(9-13)16(17)20/h2-9H,10H2,1H3,(H2,17,20)(H,18,19). The predicted molar refractivity (Wildman–Crippen MR) is 80.3 cm³/mol. The number of carbonyl (C=O) groups excluding carboxylic acids is 2. The zero-order chi connectivity index (χ0) is 15.2. The van der Waals surface area contributed by atoms with Crippen molar-refractivity contribution in [1.82, 2.24) is 0 Å². The highest BCUT2D eigenvalue weighted by atomic mass is 16.5. The van der Waals surface area contributed by atoms with E-state index in [2.05, 4.69) is 5.32 Å². The largest absolute Gasteiger partial charge is 0.484 e. The monoisotopic (exact) mass is 284 g/mol. The molecule has 0 atom stereocenters. The second-order valence-corrected chi connectivity index (χ2v) is 4.60. The molecule has 2 aromatic rings. The molecule has 0 aliphatic carbocycles. The molecule has 0 aromatic heterocycles. The van der Waals surface area contributed by atoms with Crippen LogP contribution in [0.4, 0.5) is 5.69 Å². The molecule has 108 valence electrons. The van der Waals surface area contributed by atoms with E-state index >= 15 is 0 Å². The molecule has 2 amide bonds. The van der Waals surface area contributed by atoms with Crippen LogP contribution >= 0.6 is 0 Å². The van der Waals surface area contributed by atoms with Crippen molar-refractivity contribution in [1.29, 1.82) is 0 Å². The Morgan fingerprint density at radius 2 is 1.90 bits per heavy atom. The molecule has 0 radical (unpaired) electrons. The lowest BCUT2D eigenvalue weighted by Gasteiger charge is -2.08. The summed E-state index contributed by atoms with van der Waals surface area (Å²) in [5, 5.41) is 2.65. The summed E-state index contributed by atoms with van der Waals surface area (Å²) in [4.78, 5) is 22.9. The maximum absolute atomic E-state index is 11.8. The highest BCUT2D eigenvalue weighted by molar-refractivity contribution is 5.96. The molecule has 5 nitrogen and oxygen atoms in total.